The van der Waals surface area contributed by atoms with Gasteiger partial charge in [-0.15, -0.1) is 0 Å². The maximum absolute atomic E-state index is 3.38. The zero-order chi connectivity index (χ0) is 18.2. The second-order valence-electron chi connectivity index (χ2n) is 6.78. The molecule has 0 atom stereocenters. The fraction of sp³-hybridized carbons (Fsp3) is 0.0400. The van der Waals surface area contributed by atoms with Crippen molar-refractivity contribution >= 4 is 25.8 Å². The molecule has 1 aliphatic rings. The van der Waals surface area contributed by atoms with E-state index in [9.17, 15) is 0 Å². The smallest absolute Gasteiger partial charge is 0.0464 e. The molecule has 0 fully saturated rings. The van der Waals surface area contributed by atoms with E-state index >= 15 is 0 Å². The molecule has 0 aliphatic heterocycles. The molecular weight excluding hydrogens is 509 g/mol. The number of hydrogen-bond donors (Lipinski definition) is 1. The van der Waals surface area contributed by atoms with E-state index in [0.29, 0.717) is 0 Å². The summed E-state index contributed by atoms with van der Waals surface area (Å²) in [5.41, 5.74) is 8.23. The molecule has 4 aromatic carbocycles. The van der Waals surface area contributed by atoms with Gasteiger partial charge < -0.3 is 4.98 Å². The van der Waals surface area contributed by atoms with Gasteiger partial charge in [-0.25, -0.2) is 0 Å². The van der Waals surface area contributed by atoms with Gasteiger partial charge in [0.05, 0.1) is 0 Å². The third kappa shape index (κ3) is 2.93. The van der Waals surface area contributed by atoms with Crippen LogP contribution in [-0.2, 0) is 26.2 Å². The number of aromatic nitrogens is 1. The van der Waals surface area contributed by atoms with Crippen molar-refractivity contribution in [2.24, 2.45) is 0 Å². The van der Waals surface area contributed by atoms with Gasteiger partial charge in [-0.2, -0.15) is 0 Å². The molecule has 0 saturated carbocycles. The number of aromatic amines is 1. The minimum atomic E-state index is 1.10. The van der Waals surface area contributed by atoms with Crippen molar-refractivity contribution in [3.05, 3.63) is 102 Å². The summed E-state index contributed by atoms with van der Waals surface area (Å²) in [6, 6.07) is 32.0. The van der Waals surface area contributed by atoms with Gasteiger partial charge >= 0.3 is 94.9 Å². The zero-order valence-corrected chi connectivity index (χ0v) is 17.0. The van der Waals surface area contributed by atoms with E-state index in [1.54, 1.807) is 0 Å². The summed E-state index contributed by atoms with van der Waals surface area (Å²) < 4.78 is 1.39. The van der Waals surface area contributed by atoms with Gasteiger partial charge in [0.15, 0.2) is 0 Å². The van der Waals surface area contributed by atoms with Crippen LogP contribution in [0.2, 0.25) is 0 Å². The minimum absolute atomic E-state index is 1.10. The Kier molecular flexibility index (Phi) is 4.18. The largest absolute Gasteiger partial charge is 0.355 e. The number of benzene rings is 4. The van der Waals surface area contributed by atoms with E-state index in [4.69, 9.17) is 0 Å². The maximum Gasteiger partial charge on any atom is 0.0464 e. The first-order valence-corrected chi connectivity index (χ1v) is 10.2. The SMILES string of the molecule is [Pt][c]1cccc2c1Cc1ccccc1-2.c1ccc2c(c1)[nH]c1ccccc12. The molecule has 0 amide bonds. The van der Waals surface area contributed by atoms with E-state index in [1.165, 1.54) is 48.0 Å². The van der Waals surface area contributed by atoms with E-state index in [2.05, 4.69) is 116 Å². The van der Waals surface area contributed by atoms with Crippen LogP contribution in [0.15, 0.2) is 91.0 Å². The van der Waals surface area contributed by atoms with Gasteiger partial charge in [-0.1, -0.05) is 36.4 Å². The van der Waals surface area contributed by atoms with Crippen molar-refractivity contribution in [1.82, 2.24) is 4.98 Å². The van der Waals surface area contributed by atoms with Crippen LogP contribution in [0.1, 0.15) is 11.1 Å². The van der Waals surface area contributed by atoms with Crippen LogP contribution in [0.4, 0.5) is 0 Å². The second kappa shape index (κ2) is 6.83. The van der Waals surface area contributed by atoms with Crippen molar-refractivity contribution in [3.8, 4) is 11.1 Å². The van der Waals surface area contributed by atoms with Gasteiger partial charge in [-0.05, 0) is 12.1 Å². The third-order valence-electron chi connectivity index (χ3n) is 5.18. The van der Waals surface area contributed by atoms with E-state index in [-0.39, 0.29) is 0 Å². The van der Waals surface area contributed by atoms with Crippen LogP contribution in [0.25, 0.3) is 32.9 Å². The zero-order valence-electron chi connectivity index (χ0n) is 14.7. The second-order valence-corrected chi connectivity index (χ2v) is 8.01. The number of H-pyrrole nitrogens is 1. The topological polar surface area (TPSA) is 15.8 Å². The molecule has 0 bridgehead atoms. The summed E-state index contributed by atoms with van der Waals surface area (Å²) >= 11 is 2.41. The maximum atomic E-state index is 3.38. The Morgan fingerprint density at radius 3 is 1.93 bits per heavy atom. The molecule has 1 aromatic heterocycles. The van der Waals surface area contributed by atoms with Crippen LogP contribution >= 0.6 is 0 Å². The van der Waals surface area contributed by atoms with Gasteiger partial charge in [0.25, 0.3) is 0 Å². The number of nitrogens with one attached hydrogen (secondary N) is 1. The van der Waals surface area contributed by atoms with Crippen LogP contribution < -0.4 is 3.95 Å². The average molecular weight is 528 g/mol. The molecule has 133 valence electrons. The first-order valence-electron chi connectivity index (χ1n) is 9.09. The van der Waals surface area contributed by atoms with E-state index in [0.717, 1.165) is 6.42 Å². The molecule has 1 aliphatic carbocycles. The number of para-hydroxylation sites is 2. The van der Waals surface area contributed by atoms with Crippen LogP contribution in [0, 0.1) is 0 Å². The molecule has 6 rings (SSSR count). The Morgan fingerprint density at radius 2 is 1.19 bits per heavy atom. The van der Waals surface area contributed by atoms with Gasteiger partial charge in [0.2, 0.25) is 0 Å². The summed E-state index contributed by atoms with van der Waals surface area (Å²) in [5, 5.41) is 2.61. The minimum Gasteiger partial charge on any atom is -0.355 e. The Bertz CT molecular complexity index is 1220. The molecule has 0 spiro atoms. The summed E-state index contributed by atoms with van der Waals surface area (Å²) in [6.45, 7) is 0. The average Bonchev–Trinajstić information content (AvgIpc) is 3.28. The Hall–Kier alpha value is -2.63. The number of rotatable bonds is 0. The molecule has 0 radical (unpaired) electrons. The van der Waals surface area contributed by atoms with Crippen molar-refractivity contribution in [2.45, 2.75) is 6.42 Å². The van der Waals surface area contributed by atoms with Crippen molar-refractivity contribution in [2.75, 3.05) is 0 Å². The monoisotopic (exact) mass is 527 g/mol. The standard InChI is InChI=1S/C13H9.C12H9N.Pt/c1-3-7-12-10(5-1)9-11-6-2-4-8-13(11)12;1-3-7-11-9(5-1)10-6-2-4-8-12(10)13-11;/h1-5,7-8H,9H2;1-8,13H;. The molecule has 1 N–H and O–H groups in total. The number of hydrogen-bond acceptors (Lipinski definition) is 0. The predicted molar refractivity (Wildman–Crippen MR) is 110 cm³/mol. The third-order valence-corrected chi connectivity index (χ3v) is 6.24. The van der Waals surface area contributed by atoms with Gasteiger partial charge in [0.1, 0.15) is 0 Å². The van der Waals surface area contributed by atoms with Gasteiger partial charge in [0, 0.05) is 21.8 Å². The molecule has 27 heavy (non-hydrogen) atoms. The molecule has 5 aromatic rings. The first-order chi connectivity index (χ1) is 13.3. The van der Waals surface area contributed by atoms with E-state index < -0.39 is 0 Å². The van der Waals surface area contributed by atoms with Crippen molar-refractivity contribution in [1.29, 1.82) is 0 Å². The molecule has 0 saturated heterocycles. The fourth-order valence-electron chi connectivity index (χ4n) is 3.90. The van der Waals surface area contributed by atoms with Crippen molar-refractivity contribution in [3.63, 3.8) is 0 Å². The van der Waals surface area contributed by atoms with Crippen LogP contribution in [0.5, 0.6) is 0 Å². The molecule has 1 heterocycles. The fourth-order valence-corrected chi connectivity index (χ4v) is 4.62. The number of fused-ring (bicyclic) bond motifs is 6. The van der Waals surface area contributed by atoms with Crippen LogP contribution in [0.3, 0.4) is 0 Å². The first kappa shape index (κ1) is 16.5. The van der Waals surface area contributed by atoms with E-state index in [1.807, 2.05) is 0 Å². The Morgan fingerprint density at radius 1 is 0.593 bits per heavy atom. The summed E-state index contributed by atoms with van der Waals surface area (Å²) in [4.78, 5) is 3.38. The summed E-state index contributed by atoms with van der Waals surface area (Å²) in [6.07, 6.45) is 1.10. The van der Waals surface area contributed by atoms with Gasteiger partial charge in [-0.3, -0.25) is 0 Å². The molecule has 1 nitrogen and oxygen atoms in total. The van der Waals surface area contributed by atoms with Crippen molar-refractivity contribution < 1.29 is 19.8 Å². The molecule has 0 unspecified atom stereocenters. The Labute approximate surface area is 170 Å². The molecule has 2 heteroatoms. The summed E-state index contributed by atoms with van der Waals surface area (Å²) in [7, 11) is 0. The summed E-state index contributed by atoms with van der Waals surface area (Å²) in [5.74, 6) is 0. The van der Waals surface area contributed by atoms with Crippen LogP contribution in [-0.4, -0.2) is 4.98 Å². The molecular formula is C25H18NPt. The normalized spacial score (nSPS) is 11.8. The quantitative estimate of drug-likeness (QED) is 0.259. The predicted octanol–water partition coefficient (Wildman–Crippen LogP) is 5.75. The Balaban J connectivity index is 0.000000119.